The lowest BCUT2D eigenvalue weighted by Gasteiger charge is -2.33. The molecule has 0 N–H and O–H groups in total. The van der Waals surface area contributed by atoms with Crippen LogP contribution in [0, 0.1) is 23.7 Å². The average Bonchev–Trinajstić information content (AvgIpc) is 3.02. The summed E-state index contributed by atoms with van der Waals surface area (Å²) >= 11 is 0. The molecule has 0 unspecified atom stereocenters. The Bertz CT molecular complexity index is 349. The number of rotatable bonds is 2. The van der Waals surface area contributed by atoms with Gasteiger partial charge in [-0.25, -0.2) is 0 Å². The molecule has 0 aromatic rings. The molecule has 94 valence electrons. The summed E-state index contributed by atoms with van der Waals surface area (Å²) in [6.07, 6.45) is 5.03. The van der Waals surface area contributed by atoms with Crippen molar-refractivity contribution in [1.82, 2.24) is 4.90 Å². The van der Waals surface area contributed by atoms with Crippen LogP contribution in [-0.2, 0) is 9.59 Å². The molecule has 4 atom stereocenters. The van der Waals surface area contributed by atoms with Crippen molar-refractivity contribution in [3.05, 3.63) is 0 Å². The number of hydrogen-bond acceptors (Lipinski definition) is 3. The fraction of sp³-hybridized carbons (Fsp3) is 0.846. The fourth-order valence-electron chi connectivity index (χ4n) is 4.13. The van der Waals surface area contributed by atoms with Crippen molar-refractivity contribution in [3.63, 3.8) is 0 Å². The molecule has 3 aliphatic rings. The summed E-state index contributed by atoms with van der Waals surface area (Å²) in [5, 5.41) is 11.2. The molecule has 3 rings (SSSR count). The number of carbonyl (C=O) groups is 2. The van der Waals surface area contributed by atoms with Crippen LogP contribution in [0.25, 0.3) is 0 Å². The van der Waals surface area contributed by atoms with Gasteiger partial charge in [0.25, 0.3) is 0 Å². The molecule has 0 aromatic carbocycles. The number of carboxylic acids is 1. The molecule has 2 aliphatic carbocycles. The molecule has 2 bridgehead atoms. The van der Waals surface area contributed by atoms with Crippen molar-refractivity contribution in [1.29, 1.82) is 0 Å². The molecule has 0 aromatic heterocycles. The SMILES string of the molecule is O=C([O-])[C@H]1[C@H]2CC[C@H](C2)[C@@H]1C(=O)N1CCCC1. The smallest absolute Gasteiger partial charge is 0.226 e. The molecule has 2 saturated carbocycles. The van der Waals surface area contributed by atoms with Gasteiger partial charge in [-0.15, -0.1) is 0 Å². The molecular weight excluding hydrogens is 218 g/mol. The highest BCUT2D eigenvalue weighted by molar-refractivity contribution is 5.85. The lowest BCUT2D eigenvalue weighted by molar-refractivity contribution is -0.314. The third kappa shape index (κ3) is 1.65. The van der Waals surface area contributed by atoms with Gasteiger partial charge >= 0.3 is 0 Å². The number of likely N-dealkylation sites (tertiary alicyclic amines) is 1. The normalized spacial score (nSPS) is 39.9. The van der Waals surface area contributed by atoms with Crippen LogP contribution in [0.1, 0.15) is 32.1 Å². The van der Waals surface area contributed by atoms with E-state index >= 15 is 0 Å². The van der Waals surface area contributed by atoms with Gasteiger partial charge in [-0.3, -0.25) is 4.79 Å². The molecule has 3 fully saturated rings. The Kier molecular flexibility index (Phi) is 2.60. The van der Waals surface area contributed by atoms with E-state index in [-0.39, 0.29) is 17.7 Å². The predicted octanol–water partition coefficient (Wildman–Crippen LogP) is 0.0210. The van der Waals surface area contributed by atoms with E-state index in [2.05, 4.69) is 0 Å². The van der Waals surface area contributed by atoms with Gasteiger partial charge in [-0.2, -0.15) is 0 Å². The number of carboxylic acid groups (broad SMARTS) is 1. The zero-order valence-corrected chi connectivity index (χ0v) is 9.93. The number of aliphatic carboxylic acids is 1. The second-order valence-electron chi connectivity index (χ2n) is 5.74. The Morgan fingerprint density at radius 1 is 1.00 bits per heavy atom. The molecular formula is C13H18NO3-. The molecule has 0 spiro atoms. The van der Waals surface area contributed by atoms with Crippen LogP contribution >= 0.6 is 0 Å². The van der Waals surface area contributed by atoms with Crippen molar-refractivity contribution in [2.75, 3.05) is 13.1 Å². The Labute approximate surface area is 101 Å². The molecule has 17 heavy (non-hydrogen) atoms. The first-order chi connectivity index (χ1) is 8.18. The number of nitrogens with zero attached hydrogens (tertiary/aromatic N) is 1. The van der Waals surface area contributed by atoms with Crippen molar-refractivity contribution in [2.45, 2.75) is 32.1 Å². The van der Waals surface area contributed by atoms with Crippen LogP contribution in [0.15, 0.2) is 0 Å². The van der Waals surface area contributed by atoms with Crippen molar-refractivity contribution < 1.29 is 14.7 Å². The van der Waals surface area contributed by atoms with Gasteiger partial charge in [-0.1, -0.05) is 0 Å². The topological polar surface area (TPSA) is 60.4 Å². The first-order valence-electron chi connectivity index (χ1n) is 6.68. The summed E-state index contributed by atoms with van der Waals surface area (Å²) in [5.41, 5.74) is 0. The predicted molar refractivity (Wildman–Crippen MR) is 58.6 cm³/mol. The highest BCUT2D eigenvalue weighted by Gasteiger charge is 2.52. The summed E-state index contributed by atoms with van der Waals surface area (Å²) in [7, 11) is 0. The number of fused-ring (bicyclic) bond motifs is 2. The zero-order valence-electron chi connectivity index (χ0n) is 9.93. The average molecular weight is 236 g/mol. The molecule has 1 heterocycles. The Hall–Kier alpha value is -1.06. The summed E-state index contributed by atoms with van der Waals surface area (Å²) in [5.74, 6) is -1.21. The van der Waals surface area contributed by atoms with Crippen LogP contribution in [-0.4, -0.2) is 29.9 Å². The van der Waals surface area contributed by atoms with Gasteiger partial charge in [0.05, 0.1) is 0 Å². The van der Waals surface area contributed by atoms with Crippen LogP contribution < -0.4 is 5.11 Å². The van der Waals surface area contributed by atoms with E-state index in [4.69, 9.17) is 0 Å². The van der Waals surface area contributed by atoms with E-state index in [0.717, 1.165) is 45.2 Å². The summed E-state index contributed by atoms with van der Waals surface area (Å²) in [4.78, 5) is 25.5. The van der Waals surface area contributed by atoms with E-state index in [9.17, 15) is 14.7 Å². The second-order valence-corrected chi connectivity index (χ2v) is 5.74. The Balaban J connectivity index is 1.80. The Morgan fingerprint density at radius 3 is 2.18 bits per heavy atom. The van der Waals surface area contributed by atoms with Gasteiger partial charge < -0.3 is 14.8 Å². The molecule has 1 saturated heterocycles. The van der Waals surface area contributed by atoms with Crippen LogP contribution in [0.4, 0.5) is 0 Å². The van der Waals surface area contributed by atoms with Crippen molar-refractivity contribution in [2.24, 2.45) is 23.7 Å². The maximum Gasteiger partial charge on any atom is 0.226 e. The summed E-state index contributed by atoms with van der Waals surface area (Å²) < 4.78 is 0. The second kappa shape index (κ2) is 4.00. The van der Waals surface area contributed by atoms with Crippen LogP contribution in [0.2, 0.25) is 0 Å². The highest BCUT2D eigenvalue weighted by atomic mass is 16.4. The monoisotopic (exact) mass is 236 g/mol. The third-order valence-corrected chi connectivity index (χ3v) is 4.89. The molecule has 0 radical (unpaired) electrons. The molecule has 1 aliphatic heterocycles. The molecule has 4 nitrogen and oxygen atoms in total. The Morgan fingerprint density at radius 2 is 1.59 bits per heavy atom. The number of carbonyl (C=O) groups excluding carboxylic acids is 2. The standard InChI is InChI=1S/C13H19NO3/c15-12(14-5-1-2-6-14)10-8-3-4-9(7-8)11(10)13(16)17/h8-11H,1-7H2,(H,16,17)/p-1/t8-,9+,10+,11+/m1/s1. The number of hydrogen-bond donors (Lipinski definition) is 0. The van der Waals surface area contributed by atoms with Crippen LogP contribution in [0.5, 0.6) is 0 Å². The maximum absolute atomic E-state index is 12.4. The highest BCUT2D eigenvalue weighted by Crippen LogP contribution is 2.52. The molecule has 4 heteroatoms. The van der Waals surface area contributed by atoms with E-state index in [0.29, 0.717) is 5.92 Å². The minimum atomic E-state index is -1.00. The lowest BCUT2D eigenvalue weighted by Crippen LogP contribution is -2.46. The van der Waals surface area contributed by atoms with E-state index in [1.54, 1.807) is 0 Å². The molecule has 1 amide bonds. The largest absolute Gasteiger partial charge is 0.550 e. The first-order valence-corrected chi connectivity index (χ1v) is 6.68. The van der Waals surface area contributed by atoms with Gasteiger partial charge in [0.1, 0.15) is 0 Å². The maximum atomic E-state index is 12.4. The van der Waals surface area contributed by atoms with Crippen molar-refractivity contribution >= 4 is 11.9 Å². The quantitative estimate of drug-likeness (QED) is 0.679. The summed E-state index contributed by atoms with van der Waals surface area (Å²) in [6, 6.07) is 0. The number of amides is 1. The minimum absolute atomic E-state index is 0.0869. The third-order valence-electron chi connectivity index (χ3n) is 4.89. The van der Waals surface area contributed by atoms with E-state index < -0.39 is 11.9 Å². The van der Waals surface area contributed by atoms with Gasteiger partial charge in [0.15, 0.2) is 0 Å². The van der Waals surface area contributed by atoms with Gasteiger partial charge in [-0.05, 0) is 43.9 Å². The minimum Gasteiger partial charge on any atom is -0.550 e. The first kappa shape index (κ1) is 11.1. The van der Waals surface area contributed by atoms with E-state index in [1.807, 2.05) is 4.90 Å². The van der Waals surface area contributed by atoms with Crippen molar-refractivity contribution in [3.8, 4) is 0 Å². The van der Waals surface area contributed by atoms with Gasteiger partial charge in [0.2, 0.25) is 5.91 Å². The fourth-order valence-corrected chi connectivity index (χ4v) is 4.13. The summed E-state index contributed by atoms with van der Waals surface area (Å²) in [6.45, 7) is 1.62. The van der Waals surface area contributed by atoms with Gasteiger partial charge in [0, 0.05) is 30.9 Å². The van der Waals surface area contributed by atoms with Crippen LogP contribution in [0.3, 0.4) is 0 Å². The zero-order chi connectivity index (χ0) is 12.0. The van der Waals surface area contributed by atoms with E-state index in [1.165, 1.54) is 0 Å². The lowest BCUT2D eigenvalue weighted by atomic mass is 9.78.